The highest BCUT2D eigenvalue weighted by atomic mass is 16.5. The van der Waals surface area contributed by atoms with Crippen LogP contribution in [0.2, 0.25) is 0 Å². The van der Waals surface area contributed by atoms with Crippen molar-refractivity contribution in [3.63, 3.8) is 0 Å². The molecule has 0 bridgehead atoms. The number of benzene rings is 1. The maximum Gasteiger partial charge on any atom is 0.225 e. The number of rotatable bonds is 3. The molecule has 2 atom stereocenters. The molecule has 4 heteroatoms. The Bertz CT molecular complexity index is 564. The van der Waals surface area contributed by atoms with E-state index in [0.717, 1.165) is 32.2 Å². The summed E-state index contributed by atoms with van der Waals surface area (Å²) in [5, 5.41) is 9.69. The van der Waals surface area contributed by atoms with Gasteiger partial charge in [-0.05, 0) is 50.0 Å². The average molecular weight is 329 g/mol. The number of hydrogen-bond acceptors (Lipinski definition) is 3. The van der Waals surface area contributed by atoms with E-state index in [2.05, 4.69) is 12.1 Å². The van der Waals surface area contributed by atoms with Crippen LogP contribution in [-0.2, 0) is 9.53 Å². The van der Waals surface area contributed by atoms with E-state index < -0.39 is 0 Å². The molecular weight excluding hydrogens is 302 g/mol. The summed E-state index contributed by atoms with van der Waals surface area (Å²) < 4.78 is 6.35. The van der Waals surface area contributed by atoms with Crippen molar-refractivity contribution in [1.82, 2.24) is 4.90 Å². The largest absolute Gasteiger partial charge is 0.393 e. The second kappa shape index (κ2) is 6.85. The van der Waals surface area contributed by atoms with Crippen molar-refractivity contribution in [3.8, 4) is 0 Å². The van der Waals surface area contributed by atoms with Crippen LogP contribution >= 0.6 is 0 Å². The number of aliphatic hydroxyl groups is 1. The van der Waals surface area contributed by atoms with Crippen LogP contribution in [0.25, 0.3) is 0 Å². The summed E-state index contributed by atoms with van der Waals surface area (Å²) >= 11 is 0. The van der Waals surface area contributed by atoms with Crippen molar-refractivity contribution in [3.05, 3.63) is 35.9 Å². The monoisotopic (exact) mass is 329 g/mol. The molecule has 3 aliphatic rings. The summed E-state index contributed by atoms with van der Waals surface area (Å²) in [4.78, 5) is 15.1. The van der Waals surface area contributed by atoms with Gasteiger partial charge in [0.25, 0.3) is 0 Å². The van der Waals surface area contributed by atoms with Crippen LogP contribution in [0, 0.1) is 11.8 Å². The first kappa shape index (κ1) is 16.1. The van der Waals surface area contributed by atoms with Crippen LogP contribution in [0.5, 0.6) is 0 Å². The van der Waals surface area contributed by atoms with E-state index >= 15 is 0 Å². The van der Waals surface area contributed by atoms with Gasteiger partial charge in [0.15, 0.2) is 0 Å². The maximum atomic E-state index is 13.0. The van der Waals surface area contributed by atoms with Crippen molar-refractivity contribution in [2.75, 3.05) is 13.1 Å². The number of carbonyl (C=O) groups excluding carboxylic acids is 1. The summed E-state index contributed by atoms with van der Waals surface area (Å²) in [6.45, 7) is 1.40. The summed E-state index contributed by atoms with van der Waals surface area (Å²) in [6, 6.07) is 10.3. The lowest BCUT2D eigenvalue weighted by Gasteiger charge is -2.40. The predicted molar refractivity (Wildman–Crippen MR) is 91.3 cm³/mol. The average Bonchev–Trinajstić information content (AvgIpc) is 3.47. The van der Waals surface area contributed by atoms with Gasteiger partial charge in [-0.2, -0.15) is 0 Å². The van der Waals surface area contributed by atoms with Gasteiger partial charge in [-0.3, -0.25) is 4.79 Å². The highest BCUT2D eigenvalue weighted by Crippen LogP contribution is 2.40. The minimum absolute atomic E-state index is 0.0105. The van der Waals surface area contributed by atoms with Gasteiger partial charge in [-0.1, -0.05) is 30.3 Å². The van der Waals surface area contributed by atoms with Crippen LogP contribution in [0.1, 0.15) is 50.2 Å². The van der Waals surface area contributed by atoms with E-state index in [9.17, 15) is 9.90 Å². The normalized spacial score (nSPS) is 34.1. The fourth-order valence-corrected chi connectivity index (χ4v) is 4.13. The minimum Gasteiger partial charge on any atom is -0.393 e. The molecule has 1 aromatic carbocycles. The zero-order valence-corrected chi connectivity index (χ0v) is 14.1. The molecule has 130 valence electrons. The van der Waals surface area contributed by atoms with Gasteiger partial charge in [-0.25, -0.2) is 0 Å². The Labute approximate surface area is 143 Å². The quantitative estimate of drug-likeness (QED) is 0.927. The topological polar surface area (TPSA) is 49.8 Å². The van der Waals surface area contributed by atoms with E-state index in [1.807, 2.05) is 23.1 Å². The van der Waals surface area contributed by atoms with Gasteiger partial charge < -0.3 is 14.7 Å². The molecule has 2 saturated carbocycles. The molecule has 3 fully saturated rings. The molecule has 1 aromatic rings. The highest BCUT2D eigenvalue weighted by Gasteiger charge is 2.41. The van der Waals surface area contributed by atoms with Crippen molar-refractivity contribution >= 4 is 5.91 Å². The maximum absolute atomic E-state index is 13.0. The van der Waals surface area contributed by atoms with Gasteiger partial charge >= 0.3 is 0 Å². The van der Waals surface area contributed by atoms with Gasteiger partial charge in [0.1, 0.15) is 6.10 Å². The molecule has 4 rings (SSSR count). The smallest absolute Gasteiger partial charge is 0.225 e. The van der Waals surface area contributed by atoms with E-state index in [4.69, 9.17) is 4.74 Å². The molecule has 0 aromatic heterocycles. The highest BCUT2D eigenvalue weighted by molar-refractivity contribution is 5.79. The Hall–Kier alpha value is -1.39. The number of ether oxygens (including phenoxy) is 1. The zero-order valence-electron chi connectivity index (χ0n) is 14.1. The molecular formula is C20H27NO3. The second-order valence-corrected chi connectivity index (χ2v) is 7.66. The van der Waals surface area contributed by atoms with E-state index in [-0.39, 0.29) is 30.1 Å². The summed E-state index contributed by atoms with van der Waals surface area (Å²) in [6.07, 6.45) is 5.57. The summed E-state index contributed by atoms with van der Waals surface area (Å²) in [7, 11) is 0. The molecule has 4 nitrogen and oxygen atoms in total. The summed E-state index contributed by atoms with van der Waals surface area (Å²) in [5.74, 6) is 0.986. The number of amides is 1. The number of morpholine rings is 1. The molecule has 2 aliphatic carbocycles. The van der Waals surface area contributed by atoms with Crippen molar-refractivity contribution in [1.29, 1.82) is 0 Å². The Morgan fingerprint density at radius 3 is 2.38 bits per heavy atom. The molecule has 1 aliphatic heterocycles. The third-order valence-electron chi connectivity index (χ3n) is 5.80. The third-order valence-corrected chi connectivity index (χ3v) is 5.80. The van der Waals surface area contributed by atoms with Gasteiger partial charge in [0.2, 0.25) is 5.91 Å². The number of aliphatic hydroxyl groups excluding tert-OH is 1. The van der Waals surface area contributed by atoms with Gasteiger partial charge in [0.05, 0.1) is 18.8 Å². The Kier molecular flexibility index (Phi) is 4.59. The van der Waals surface area contributed by atoms with Crippen LogP contribution < -0.4 is 0 Å². The third kappa shape index (κ3) is 3.50. The Morgan fingerprint density at radius 1 is 1.00 bits per heavy atom. The van der Waals surface area contributed by atoms with Crippen LogP contribution in [0.4, 0.5) is 0 Å². The Balaban J connectivity index is 1.48. The first-order valence-electron chi connectivity index (χ1n) is 9.38. The lowest BCUT2D eigenvalue weighted by atomic mass is 9.86. The molecule has 1 heterocycles. The number of nitrogens with zero attached hydrogens (tertiary/aromatic N) is 1. The fraction of sp³-hybridized carbons (Fsp3) is 0.650. The van der Waals surface area contributed by atoms with Crippen molar-refractivity contribution in [2.45, 2.75) is 56.8 Å². The van der Waals surface area contributed by atoms with Crippen LogP contribution in [0.15, 0.2) is 30.3 Å². The molecule has 1 amide bonds. The first-order chi connectivity index (χ1) is 11.7. The molecule has 0 radical (unpaired) electrons. The SMILES string of the molecule is O=C(C1CCC(O)CC1)N1C[C@@H](c2ccccc2)O[C@@H](C2CC2)C1. The van der Waals surface area contributed by atoms with E-state index in [1.54, 1.807) is 0 Å². The number of carbonyl (C=O) groups is 1. The van der Waals surface area contributed by atoms with E-state index in [1.165, 1.54) is 18.4 Å². The Morgan fingerprint density at radius 2 is 1.71 bits per heavy atom. The molecule has 1 saturated heterocycles. The second-order valence-electron chi connectivity index (χ2n) is 7.66. The van der Waals surface area contributed by atoms with E-state index in [0.29, 0.717) is 12.5 Å². The lowest BCUT2D eigenvalue weighted by Crippen LogP contribution is -2.50. The predicted octanol–water partition coefficient (Wildman–Crippen LogP) is 2.92. The van der Waals surface area contributed by atoms with Crippen molar-refractivity contribution in [2.24, 2.45) is 11.8 Å². The molecule has 1 N–H and O–H groups in total. The first-order valence-corrected chi connectivity index (χ1v) is 9.38. The molecule has 24 heavy (non-hydrogen) atoms. The van der Waals surface area contributed by atoms with Gasteiger partial charge in [-0.15, -0.1) is 0 Å². The summed E-state index contributed by atoms with van der Waals surface area (Å²) in [5.41, 5.74) is 1.17. The van der Waals surface area contributed by atoms with Gasteiger partial charge in [0, 0.05) is 12.5 Å². The lowest BCUT2D eigenvalue weighted by molar-refractivity contribution is -0.153. The van der Waals surface area contributed by atoms with Crippen LogP contribution in [0.3, 0.4) is 0 Å². The van der Waals surface area contributed by atoms with Crippen molar-refractivity contribution < 1.29 is 14.6 Å². The van der Waals surface area contributed by atoms with Crippen LogP contribution in [-0.4, -0.2) is 41.2 Å². The molecule has 0 spiro atoms. The fourth-order valence-electron chi connectivity index (χ4n) is 4.13. The number of hydrogen-bond donors (Lipinski definition) is 1. The standard InChI is InChI=1S/C20H27NO3/c22-17-10-8-16(9-11-17)20(23)21-12-18(14-4-2-1-3-5-14)24-19(13-21)15-6-7-15/h1-5,15-19,22H,6-13H2/t16?,17?,18-,19+/m0/s1. The molecule has 0 unspecified atom stereocenters. The zero-order chi connectivity index (χ0) is 16.5. The minimum atomic E-state index is -0.213.